The monoisotopic (exact) mass is 323 g/mol. The molecular formula is C10H11BrClNO2S. The number of benzene rings is 1. The van der Waals surface area contributed by atoms with E-state index in [1.54, 1.807) is 6.07 Å². The van der Waals surface area contributed by atoms with Crippen molar-refractivity contribution in [2.24, 2.45) is 0 Å². The summed E-state index contributed by atoms with van der Waals surface area (Å²) >= 11 is 9.37. The quantitative estimate of drug-likeness (QED) is 0.796. The molecule has 0 aliphatic carbocycles. The van der Waals surface area contributed by atoms with Gasteiger partial charge in [0, 0.05) is 22.6 Å². The van der Waals surface area contributed by atoms with Crippen molar-refractivity contribution in [3.8, 4) is 0 Å². The highest BCUT2D eigenvalue weighted by atomic mass is 79.9. The first-order valence-corrected chi connectivity index (χ1v) is 7.88. The molecule has 0 unspecified atom stereocenters. The van der Waals surface area contributed by atoms with Gasteiger partial charge in [0.05, 0.1) is 17.2 Å². The van der Waals surface area contributed by atoms with Crippen molar-refractivity contribution in [2.75, 3.05) is 29.5 Å². The second kappa shape index (κ2) is 4.55. The van der Waals surface area contributed by atoms with Crippen molar-refractivity contribution in [1.82, 2.24) is 0 Å². The predicted octanol–water partition coefficient (Wildman–Crippen LogP) is 2.34. The van der Waals surface area contributed by atoms with Crippen LogP contribution in [0, 0.1) is 0 Å². The number of nitrogens with zero attached hydrogens (tertiary/aromatic N) is 1. The van der Waals surface area contributed by atoms with E-state index >= 15 is 0 Å². The fraction of sp³-hybridized carbons (Fsp3) is 0.400. The third-order valence-corrected chi connectivity index (χ3v) is 5.11. The summed E-state index contributed by atoms with van der Waals surface area (Å²) in [4.78, 5) is 2.04. The van der Waals surface area contributed by atoms with Crippen molar-refractivity contribution in [3.05, 3.63) is 27.7 Å². The standard InChI is InChI=1S/C10H11BrClNO2S/c11-9-2-1-8(12)7-10(9)13-3-5-16(14,15)6-4-13/h1-2,7H,3-6H2. The Balaban J connectivity index is 2.23. The van der Waals surface area contributed by atoms with Crippen LogP contribution in [0.3, 0.4) is 0 Å². The first-order chi connectivity index (χ1) is 7.48. The number of halogens is 2. The van der Waals surface area contributed by atoms with Crippen LogP contribution in [0.5, 0.6) is 0 Å². The number of anilines is 1. The Kier molecular flexibility index (Phi) is 3.47. The molecule has 1 fully saturated rings. The molecule has 88 valence electrons. The first-order valence-electron chi connectivity index (χ1n) is 4.88. The molecule has 1 saturated heterocycles. The van der Waals surface area contributed by atoms with Crippen molar-refractivity contribution in [1.29, 1.82) is 0 Å². The van der Waals surface area contributed by atoms with Crippen molar-refractivity contribution >= 4 is 43.1 Å². The summed E-state index contributed by atoms with van der Waals surface area (Å²) in [7, 11) is -2.84. The van der Waals surface area contributed by atoms with Gasteiger partial charge in [-0.05, 0) is 34.1 Å². The van der Waals surface area contributed by atoms with Crippen LogP contribution in [0.2, 0.25) is 5.02 Å². The largest absolute Gasteiger partial charge is 0.369 e. The average Bonchev–Trinajstić information content (AvgIpc) is 2.22. The van der Waals surface area contributed by atoms with E-state index in [1.807, 2.05) is 17.0 Å². The smallest absolute Gasteiger partial charge is 0.153 e. The molecule has 0 spiro atoms. The average molecular weight is 325 g/mol. The molecule has 0 bridgehead atoms. The van der Waals surface area contributed by atoms with E-state index in [9.17, 15) is 8.42 Å². The Morgan fingerprint density at radius 2 is 1.88 bits per heavy atom. The van der Waals surface area contributed by atoms with Crippen LogP contribution >= 0.6 is 27.5 Å². The minimum atomic E-state index is -2.84. The Bertz CT molecular complexity index is 490. The van der Waals surface area contributed by atoms with Crippen LogP contribution < -0.4 is 4.90 Å². The lowest BCUT2D eigenvalue weighted by Gasteiger charge is -2.29. The molecule has 1 heterocycles. The highest BCUT2D eigenvalue weighted by molar-refractivity contribution is 9.10. The molecule has 0 N–H and O–H groups in total. The summed E-state index contributed by atoms with van der Waals surface area (Å²) in [5.74, 6) is 0.428. The van der Waals surface area contributed by atoms with Gasteiger partial charge in [-0.3, -0.25) is 0 Å². The molecule has 16 heavy (non-hydrogen) atoms. The molecule has 0 aromatic heterocycles. The van der Waals surface area contributed by atoms with Crippen molar-refractivity contribution < 1.29 is 8.42 Å². The van der Waals surface area contributed by atoms with E-state index in [1.165, 1.54) is 0 Å². The normalized spacial score (nSPS) is 19.8. The molecule has 1 aromatic rings. The molecule has 1 aliphatic heterocycles. The molecule has 1 aliphatic rings. The minimum absolute atomic E-state index is 0.214. The van der Waals surface area contributed by atoms with Gasteiger partial charge in [-0.25, -0.2) is 8.42 Å². The summed E-state index contributed by atoms with van der Waals surface area (Å²) in [5, 5.41) is 0.659. The Labute approximate surface area is 108 Å². The van der Waals surface area contributed by atoms with Gasteiger partial charge in [0.25, 0.3) is 0 Å². The van der Waals surface area contributed by atoms with Gasteiger partial charge in [0.15, 0.2) is 9.84 Å². The highest BCUT2D eigenvalue weighted by Crippen LogP contribution is 2.30. The molecule has 2 rings (SSSR count). The summed E-state index contributed by atoms with van der Waals surface area (Å²) in [6.07, 6.45) is 0. The first kappa shape index (κ1) is 12.2. The molecular weight excluding hydrogens is 314 g/mol. The van der Waals surface area contributed by atoms with E-state index < -0.39 is 9.84 Å². The van der Waals surface area contributed by atoms with Crippen LogP contribution in [0.4, 0.5) is 5.69 Å². The number of sulfone groups is 1. The van der Waals surface area contributed by atoms with Gasteiger partial charge < -0.3 is 4.90 Å². The van der Waals surface area contributed by atoms with Crippen LogP contribution in [0.15, 0.2) is 22.7 Å². The van der Waals surface area contributed by atoms with Crippen molar-refractivity contribution in [3.63, 3.8) is 0 Å². The van der Waals surface area contributed by atoms with Crippen LogP contribution in [-0.2, 0) is 9.84 Å². The molecule has 0 radical (unpaired) electrons. The zero-order valence-electron chi connectivity index (χ0n) is 8.49. The Hall–Kier alpha value is -0.260. The van der Waals surface area contributed by atoms with Crippen LogP contribution in [0.25, 0.3) is 0 Å². The van der Waals surface area contributed by atoms with E-state index in [-0.39, 0.29) is 11.5 Å². The maximum atomic E-state index is 11.3. The van der Waals surface area contributed by atoms with Gasteiger partial charge >= 0.3 is 0 Å². The van der Waals surface area contributed by atoms with Gasteiger partial charge in [-0.15, -0.1) is 0 Å². The molecule has 0 amide bonds. The fourth-order valence-electron chi connectivity index (χ4n) is 1.68. The lowest BCUT2D eigenvalue weighted by molar-refractivity contribution is 0.587. The zero-order valence-corrected chi connectivity index (χ0v) is 11.6. The second-order valence-corrected chi connectivity index (χ2v) is 7.33. The zero-order chi connectivity index (χ0) is 11.8. The maximum absolute atomic E-state index is 11.3. The van der Waals surface area contributed by atoms with Crippen LogP contribution in [0.1, 0.15) is 0 Å². The highest BCUT2D eigenvalue weighted by Gasteiger charge is 2.22. The summed E-state index contributed by atoms with van der Waals surface area (Å²) < 4.78 is 23.6. The maximum Gasteiger partial charge on any atom is 0.153 e. The second-order valence-electron chi connectivity index (χ2n) is 3.73. The fourth-order valence-corrected chi connectivity index (χ4v) is 3.55. The molecule has 3 nitrogen and oxygen atoms in total. The predicted molar refractivity (Wildman–Crippen MR) is 70.0 cm³/mol. The summed E-state index contributed by atoms with van der Waals surface area (Å²) in [5.41, 5.74) is 0.961. The van der Waals surface area contributed by atoms with Gasteiger partial charge in [-0.1, -0.05) is 11.6 Å². The number of hydrogen-bond acceptors (Lipinski definition) is 3. The Morgan fingerprint density at radius 3 is 2.50 bits per heavy atom. The lowest BCUT2D eigenvalue weighted by Crippen LogP contribution is -2.40. The SMILES string of the molecule is O=S1(=O)CCN(c2cc(Cl)ccc2Br)CC1. The van der Waals surface area contributed by atoms with E-state index in [4.69, 9.17) is 11.6 Å². The molecule has 1 aromatic carbocycles. The van der Waals surface area contributed by atoms with E-state index in [0.29, 0.717) is 18.1 Å². The van der Waals surface area contributed by atoms with E-state index in [2.05, 4.69) is 15.9 Å². The molecule has 0 saturated carbocycles. The van der Waals surface area contributed by atoms with Gasteiger partial charge in [0.2, 0.25) is 0 Å². The molecule has 6 heteroatoms. The minimum Gasteiger partial charge on any atom is -0.369 e. The van der Waals surface area contributed by atoms with Crippen molar-refractivity contribution in [2.45, 2.75) is 0 Å². The van der Waals surface area contributed by atoms with Crippen LogP contribution in [-0.4, -0.2) is 33.0 Å². The Morgan fingerprint density at radius 1 is 1.25 bits per heavy atom. The van der Waals surface area contributed by atoms with E-state index in [0.717, 1.165) is 10.2 Å². The number of rotatable bonds is 1. The third kappa shape index (κ3) is 2.70. The topological polar surface area (TPSA) is 37.4 Å². The summed E-state index contributed by atoms with van der Waals surface area (Å²) in [6, 6.07) is 5.53. The number of hydrogen-bond donors (Lipinski definition) is 0. The van der Waals surface area contributed by atoms with Gasteiger partial charge in [0.1, 0.15) is 0 Å². The summed E-state index contributed by atoms with van der Waals surface area (Å²) in [6.45, 7) is 1.06. The lowest BCUT2D eigenvalue weighted by atomic mass is 10.3. The third-order valence-electron chi connectivity index (χ3n) is 2.59. The van der Waals surface area contributed by atoms with Gasteiger partial charge in [-0.2, -0.15) is 0 Å². The molecule has 0 atom stereocenters.